The molecule has 22 heavy (non-hydrogen) atoms. The summed E-state index contributed by atoms with van der Waals surface area (Å²) in [5.74, 6) is 1.41. The van der Waals surface area contributed by atoms with E-state index < -0.39 is 0 Å². The molecule has 4 nitrogen and oxygen atoms in total. The first-order valence-corrected chi connectivity index (χ1v) is 8.42. The number of hydrogen-bond donors (Lipinski definition) is 1. The normalized spacial score (nSPS) is 28.7. The van der Waals surface area contributed by atoms with Gasteiger partial charge in [-0.3, -0.25) is 9.69 Å². The first kappa shape index (κ1) is 15.5. The molecular formula is C18H27N3O. The van der Waals surface area contributed by atoms with Gasteiger partial charge in [-0.2, -0.15) is 0 Å². The minimum Gasteiger partial charge on any atom is -0.330 e. The Hall–Kier alpha value is -1.39. The van der Waals surface area contributed by atoms with E-state index in [0.717, 1.165) is 38.2 Å². The average Bonchev–Trinajstić information content (AvgIpc) is 2.85. The zero-order valence-electron chi connectivity index (χ0n) is 13.7. The molecule has 3 unspecified atom stereocenters. The van der Waals surface area contributed by atoms with Crippen LogP contribution >= 0.6 is 0 Å². The van der Waals surface area contributed by atoms with E-state index in [-0.39, 0.29) is 11.9 Å². The number of piperidine rings is 1. The number of rotatable bonds is 3. The monoisotopic (exact) mass is 301 g/mol. The van der Waals surface area contributed by atoms with Crippen LogP contribution in [-0.4, -0.2) is 43.0 Å². The third-order valence-electron chi connectivity index (χ3n) is 5.34. The molecule has 2 N–H and O–H groups in total. The lowest BCUT2D eigenvalue weighted by Gasteiger charge is -2.37. The summed E-state index contributed by atoms with van der Waals surface area (Å²) in [6.45, 7) is 7.60. The molecule has 1 aromatic carbocycles. The van der Waals surface area contributed by atoms with Crippen LogP contribution in [0.15, 0.2) is 24.3 Å². The van der Waals surface area contributed by atoms with Crippen molar-refractivity contribution in [1.82, 2.24) is 4.90 Å². The van der Waals surface area contributed by atoms with Gasteiger partial charge in [0.1, 0.15) is 0 Å². The molecule has 1 fully saturated rings. The number of fused-ring (bicyclic) bond motifs is 1. The third-order valence-corrected chi connectivity index (χ3v) is 5.34. The van der Waals surface area contributed by atoms with Crippen molar-refractivity contribution in [2.45, 2.75) is 32.7 Å². The Morgan fingerprint density at radius 1 is 1.32 bits per heavy atom. The van der Waals surface area contributed by atoms with Crippen molar-refractivity contribution in [3.05, 3.63) is 29.8 Å². The van der Waals surface area contributed by atoms with E-state index in [1.807, 2.05) is 11.0 Å². The van der Waals surface area contributed by atoms with Gasteiger partial charge in [-0.1, -0.05) is 25.1 Å². The molecule has 0 saturated carbocycles. The number of anilines is 1. The summed E-state index contributed by atoms with van der Waals surface area (Å²) in [6.07, 6.45) is 2.10. The van der Waals surface area contributed by atoms with E-state index in [4.69, 9.17) is 5.73 Å². The second-order valence-corrected chi connectivity index (χ2v) is 6.94. The number of benzene rings is 1. The van der Waals surface area contributed by atoms with Crippen molar-refractivity contribution in [1.29, 1.82) is 0 Å². The van der Waals surface area contributed by atoms with Gasteiger partial charge in [0.25, 0.3) is 0 Å². The summed E-state index contributed by atoms with van der Waals surface area (Å²) in [7, 11) is 0. The highest BCUT2D eigenvalue weighted by molar-refractivity contribution is 5.97. The average molecular weight is 301 g/mol. The quantitative estimate of drug-likeness (QED) is 0.927. The van der Waals surface area contributed by atoms with Gasteiger partial charge in [-0.25, -0.2) is 0 Å². The molecule has 3 rings (SSSR count). The van der Waals surface area contributed by atoms with Crippen LogP contribution in [0.1, 0.15) is 25.8 Å². The number of amides is 1. The van der Waals surface area contributed by atoms with E-state index in [2.05, 4.69) is 36.9 Å². The molecule has 120 valence electrons. The second kappa shape index (κ2) is 6.39. The second-order valence-electron chi connectivity index (χ2n) is 6.94. The van der Waals surface area contributed by atoms with E-state index >= 15 is 0 Å². The smallest absolute Gasteiger partial charge is 0.241 e. The van der Waals surface area contributed by atoms with Crippen molar-refractivity contribution in [3.63, 3.8) is 0 Å². The zero-order chi connectivity index (χ0) is 15.7. The van der Waals surface area contributed by atoms with Crippen molar-refractivity contribution in [2.24, 2.45) is 17.6 Å². The Morgan fingerprint density at radius 3 is 2.86 bits per heavy atom. The van der Waals surface area contributed by atoms with Gasteiger partial charge in [0.15, 0.2) is 0 Å². The van der Waals surface area contributed by atoms with Crippen LogP contribution in [0.4, 0.5) is 5.69 Å². The number of nitrogens with zero attached hydrogens (tertiary/aromatic N) is 2. The third kappa shape index (κ3) is 2.90. The molecule has 0 spiro atoms. The Morgan fingerprint density at radius 2 is 2.09 bits per heavy atom. The zero-order valence-corrected chi connectivity index (χ0v) is 13.7. The van der Waals surface area contributed by atoms with Crippen LogP contribution in [0.25, 0.3) is 0 Å². The number of carbonyl (C=O) groups excluding carboxylic acids is 1. The van der Waals surface area contributed by atoms with E-state index in [0.29, 0.717) is 18.4 Å². The standard InChI is InChI=1S/C18H27N3O/c1-13-7-8-20(11-16(13)10-19)12-18(22)21-14(2)9-15-5-3-4-6-17(15)21/h3-6,13-14,16H,7-12,19H2,1-2H3. The summed E-state index contributed by atoms with van der Waals surface area (Å²) in [5.41, 5.74) is 8.26. The molecule has 0 radical (unpaired) electrons. The van der Waals surface area contributed by atoms with Crippen molar-refractivity contribution < 1.29 is 4.79 Å². The first-order chi connectivity index (χ1) is 10.6. The van der Waals surface area contributed by atoms with Gasteiger partial charge >= 0.3 is 0 Å². The predicted molar refractivity (Wildman–Crippen MR) is 89.9 cm³/mol. The molecule has 1 amide bonds. The van der Waals surface area contributed by atoms with Gasteiger partial charge in [-0.15, -0.1) is 0 Å². The van der Waals surface area contributed by atoms with Gasteiger partial charge in [0.05, 0.1) is 6.54 Å². The summed E-state index contributed by atoms with van der Waals surface area (Å²) in [6, 6.07) is 8.53. The number of likely N-dealkylation sites (tertiary alicyclic amines) is 1. The topological polar surface area (TPSA) is 49.6 Å². The van der Waals surface area contributed by atoms with Gasteiger partial charge in [0.2, 0.25) is 5.91 Å². The molecule has 3 atom stereocenters. The molecule has 1 aromatic rings. The predicted octanol–water partition coefficient (Wildman–Crippen LogP) is 1.88. The summed E-state index contributed by atoms with van der Waals surface area (Å²) in [5, 5.41) is 0. The number of hydrogen-bond acceptors (Lipinski definition) is 3. The van der Waals surface area contributed by atoms with Crippen LogP contribution in [-0.2, 0) is 11.2 Å². The van der Waals surface area contributed by atoms with E-state index in [1.165, 1.54) is 5.56 Å². The minimum atomic E-state index is 0.225. The highest BCUT2D eigenvalue weighted by Crippen LogP contribution is 2.32. The molecule has 2 heterocycles. The lowest BCUT2D eigenvalue weighted by atomic mass is 9.87. The Labute approximate surface area is 133 Å². The summed E-state index contributed by atoms with van der Waals surface area (Å²) >= 11 is 0. The minimum absolute atomic E-state index is 0.225. The largest absolute Gasteiger partial charge is 0.330 e. The fourth-order valence-corrected chi connectivity index (χ4v) is 3.89. The lowest BCUT2D eigenvalue weighted by molar-refractivity contribution is -0.120. The maximum atomic E-state index is 12.8. The first-order valence-electron chi connectivity index (χ1n) is 8.42. The van der Waals surface area contributed by atoms with Gasteiger partial charge in [0, 0.05) is 18.3 Å². The molecule has 2 aliphatic rings. The van der Waals surface area contributed by atoms with Crippen LogP contribution < -0.4 is 10.6 Å². The van der Waals surface area contributed by atoms with Gasteiger partial charge in [-0.05, 0) is 56.3 Å². The fourth-order valence-electron chi connectivity index (χ4n) is 3.89. The SMILES string of the molecule is CC1CCN(CC(=O)N2c3ccccc3CC2C)CC1CN. The molecule has 0 aliphatic carbocycles. The van der Waals surface area contributed by atoms with Crippen molar-refractivity contribution >= 4 is 11.6 Å². The summed E-state index contributed by atoms with van der Waals surface area (Å²) < 4.78 is 0. The number of nitrogens with two attached hydrogens (primary N) is 1. The highest BCUT2D eigenvalue weighted by Gasteiger charge is 2.33. The van der Waals surface area contributed by atoms with Crippen LogP contribution in [0.3, 0.4) is 0 Å². The highest BCUT2D eigenvalue weighted by atomic mass is 16.2. The Kier molecular flexibility index (Phi) is 4.50. The molecule has 2 aliphatic heterocycles. The molecule has 1 saturated heterocycles. The van der Waals surface area contributed by atoms with Crippen molar-refractivity contribution in [3.8, 4) is 0 Å². The van der Waals surface area contributed by atoms with Gasteiger partial charge < -0.3 is 10.6 Å². The number of para-hydroxylation sites is 1. The van der Waals surface area contributed by atoms with Crippen LogP contribution in [0, 0.1) is 11.8 Å². The Bertz CT molecular complexity index is 545. The molecule has 0 bridgehead atoms. The van der Waals surface area contributed by atoms with Crippen LogP contribution in [0.5, 0.6) is 0 Å². The molecule has 0 aromatic heterocycles. The number of carbonyl (C=O) groups is 1. The van der Waals surface area contributed by atoms with E-state index in [9.17, 15) is 4.79 Å². The summed E-state index contributed by atoms with van der Waals surface area (Å²) in [4.78, 5) is 17.1. The Balaban J connectivity index is 1.68. The maximum Gasteiger partial charge on any atom is 0.241 e. The van der Waals surface area contributed by atoms with Crippen molar-refractivity contribution in [2.75, 3.05) is 31.1 Å². The molecule has 4 heteroatoms. The van der Waals surface area contributed by atoms with Crippen LogP contribution in [0.2, 0.25) is 0 Å². The van der Waals surface area contributed by atoms with E-state index in [1.54, 1.807) is 0 Å². The fraction of sp³-hybridized carbons (Fsp3) is 0.611. The maximum absolute atomic E-state index is 12.8. The molecular weight excluding hydrogens is 274 g/mol. The lowest BCUT2D eigenvalue weighted by Crippen LogP contribution is -2.48.